The summed E-state index contributed by atoms with van der Waals surface area (Å²) in [5.74, 6) is 0.746. The highest BCUT2D eigenvalue weighted by molar-refractivity contribution is 6.31. The van der Waals surface area contributed by atoms with Gasteiger partial charge in [-0.3, -0.25) is 0 Å². The van der Waals surface area contributed by atoms with Gasteiger partial charge in [-0.2, -0.15) is 0 Å². The first-order valence-electron chi connectivity index (χ1n) is 17.7. The van der Waals surface area contributed by atoms with E-state index in [2.05, 4.69) is 65.1 Å². The Kier molecular flexibility index (Phi) is 9.20. The summed E-state index contributed by atoms with van der Waals surface area (Å²) < 4.78 is 5.98. The molecule has 0 saturated carbocycles. The lowest BCUT2D eigenvalue weighted by atomic mass is 9.98. The molecule has 0 unspecified atom stereocenters. The van der Waals surface area contributed by atoms with Gasteiger partial charge in [0.25, 0.3) is 0 Å². The van der Waals surface area contributed by atoms with Crippen molar-refractivity contribution in [3.63, 3.8) is 0 Å². The Morgan fingerprint density at radius 3 is 1.69 bits per heavy atom. The van der Waals surface area contributed by atoms with E-state index in [4.69, 9.17) is 49.5 Å². The number of H-pyrrole nitrogens is 2. The van der Waals surface area contributed by atoms with Crippen molar-refractivity contribution in [3.8, 4) is 50.3 Å². The van der Waals surface area contributed by atoms with Crippen LogP contribution in [0.25, 0.3) is 90.9 Å². The monoisotopic (exact) mass is 772 g/mol. The maximum absolute atomic E-state index is 6.44. The number of halogens is 3. The Labute approximate surface area is 332 Å². The molecule has 8 heteroatoms. The Bertz CT molecular complexity index is 2850. The number of ether oxygens (including phenoxy) is 1. The molecule has 5 nitrogen and oxygen atoms in total. The standard InChI is InChI=1S/C47H31Cl3N4O/c1-2-24-55-37-5-3-4-31(25-37)38-27-36-26-35-18-19-39(51-35)44(28-6-12-32(48)13-7-28)40-20-21-41(53-40)45(29-8-14-33(49)15-9-29)42-22-23-43(54-42)46(47(38)52-36)30-10-16-34(50)17-11-30/h2-23,25-27,52-53H,1,24H2. The maximum atomic E-state index is 6.44. The molecule has 0 fully saturated rings. The van der Waals surface area contributed by atoms with Gasteiger partial charge in [0.2, 0.25) is 0 Å². The summed E-state index contributed by atoms with van der Waals surface area (Å²) in [7, 11) is 0. The molecule has 2 aliphatic heterocycles. The van der Waals surface area contributed by atoms with Gasteiger partial charge in [-0.15, -0.1) is 0 Å². The minimum absolute atomic E-state index is 0.402. The quantitative estimate of drug-likeness (QED) is 0.159. The van der Waals surface area contributed by atoms with E-state index in [0.29, 0.717) is 21.7 Å². The number of nitrogens with one attached hydrogen (secondary N) is 2. The van der Waals surface area contributed by atoms with Crippen LogP contribution in [0.15, 0.2) is 134 Å². The first kappa shape index (κ1) is 34.6. The summed E-state index contributed by atoms with van der Waals surface area (Å²) in [4.78, 5) is 18.1. The van der Waals surface area contributed by atoms with Crippen molar-refractivity contribution in [2.45, 2.75) is 0 Å². The van der Waals surface area contributed by atoms with Crippen molar-refractivity contribution < 1.29 is 4.74 Å². The SMILES string of the molecule is C=CCOc1cccc(-c2cc3cc4nc(c(-c5ccc(Cl)cc5)c5ccc([nH]5)c(-c5ccc(Cl)cc5)c5nc(c(-c6ccc(Cl)cc6)c2[nH]3)C=C5)C=C4)c1. The summed E-state index contributed by atoms with van der Waals surface area (Å²) in [5.41, 5.74) is 14.4. The topological polar surface area (TPSA) is 66.6 Å². The summed E-state index contributed by atoms with van der Waals surface area (Å²) in [6.07, 6.45) is 9.98. The number of rotatable bonds is 7. The average molecular weight is 774 g/mol. The van der Waals surface area contributed by atoms with Gasteiger partial charge in [-0.1, -0.05) is 96.0 Å². The van der Waals surface area contributed by atoms with Gasteiger partial charge < -0.3 is 14.7 Å². The summed E-state index contributed by atoms with van der Waals surface area (Å²) in [5, 5.41) is 1.97. The molecule has 0 spiro atoms. The Hall–Kier alpha value is -6.11. The molecule has 3 aromatic heterocycles. The van der Waals surface area contributed by atoms with Gasteiger partial charge in [0.05, 0.1) is 28.3 Å². The average Bonchev–Trinajstić information content (AvgIpc) is 4.03. The van der Waals surface area contributed by atoms with Crippen LogP contribution in [0.1, 0.15) is 22.8 Å². The lowest BCUT2D eigenvalue weighted by Crippen LogP contribution is -1.92. The van der Waals surface area contributed by atoms with E-state index >= 15 is 0 Å². The van der Waals surface area contributed by atoms with Gasteiger partial charge in [-0.05, 0) is 119 Å². The van der Waals surface area contributed by atoms with Crippen LogP contribution < -0.4 is 4.74 Å². The van der Waals surface area contributed by atoms with Crippen LogP contribution in [0.4, 0.5) is 0 Å². The minimum atomic E-state index is 0.402. The fraction of sp³-hybridized carbons (Fsp3) is 0.0213. The molecule has 266 valence electrons. The largest absolute Gasteiger partial charge is 0.490 e. The molecule has 0 saturated heterocycles. The van der Waals surface area contributed by atoms with Crippen molar-refractivity contribution >= 4 is 81.2 Å². The van der Waals surface area contributed by atoms with Crippen molar-refractivity contribution in [3.05, 3.63) is 172 Å². The Morgan fingerprint density at radius 1 is 0.545 bits per heavy atom. The smallest absolute Gasteiger partial charge is 0.120 e. The zero-order chi connectivity index (χ0) is 37.5. The van der Waals surface area contributed by atoms with Gasteiger partial charge >= 0.3 is 0 Å². The molecule has 2 aliphatic rings. The van der Waals surface area contributed by atoms with Crippen LogP contribution in [0, 0.1) is 0 Å². The van der Waals surface area contributed by atoms with Crippen molar-refractivity contribution in [1.82, 2.24) is 19.9 Å². The predicted octanol–water partition coefficient (Wildman–Crippen LogP) is 13.8. The molecular weight excluding hydrogens is 743 g/mol. The van der Waals surface area contributed by atoms with Gasteiger partial charge in [0.1, 0.15) is 12.4 Å². The second-order valence-corrected chi connectivity index (χ2v) is 14.5. The normalized spacial score (nSPS) is 11.9. The van der Waals surface area contributed by atoms with Crippen LogP contribution >= 0.6 is 34.8 Å². The maximum Gasteiger partial charge on any atom is 0.120 e. The third-order valence-corrected chi connectivity index (χ3v) is 10.4. The van der Waals surface area contributed by atoms with Gasteiger partial charge in [0, 0.05) is 53.9 Å². The van der Waals surface area contributed by atoms with E-state index in [-0.39, 0.29) is 0 Å². The second kappa shape index (κ2) is 14.6. The van der Waals surface area contributed by atoms with E-state index in [1.165, 1.54) is 0 Å². The number of hydrogen-bond acceptors (Lipinski definition) is 3. The first-order chi connectivity index (χ1) is 26.9. The molecule has 2 N–H and O–H groups in total. The van der Waals surface area contributed by atoms with E-state index in [1.54, 1.807) is 6.08 Å². The number of aromatic nitrogens is 4. The van der Waals surface area contributed by atoms with E-state index < -0.39 is 0 Å². The highest BCUT2D eigenvalue weighted by Crippen LogP contribution is 2.40. The molecule has 5 heterocycles. The lowest BCUT2D eigenvalue weighted by molar-refractivity contribution is 0.363. The fourth-order valence-corrected chi connectivity index (χ4v) is 7.50. The highest BCUT2D eigenvalue weighted by atomic mass is 35.5. The molecule has 55 heavy (non-hydrogen) atoms. The molecule has 0 amide bonds. The molecule has 8 bridgehead atoms. The van der Waals surface area contributed by atoms with Crippen LogP contribution in [-0.2, 0) is 0 Å². The van der Waals surface area contributed by atoms with Gasteiger partial charge in [-0.25, -0.2) is 9.97 Å². The van der Waals surface area contributed by atoms with Crippen LogP contribution in [0.5, 0.6) is 5.75 Å². The molecular formula is C47H31Cl3N4O. The van der Waals surface area contributed by atoms with E-state index in [1.807, 2.05) is 97.1 Å². The summed E-state index contributed by atoms with van der Waals surface area (Å²) >= 11 is 19.2. The fourth-order valence-electron chi connectivity index (χ4n) is 7.12. The number of hydrogen-bond donors (Lipinski definition) is 2. The third-order valence-electron chi connectivity index (χ3n) is 9.60. The number of benzene rings is 4. The number of aromatic amines is 2. The molecule has 7 aromatic rings. The summed E-state index contributed by atoms with van der Waals surface area (Å²) in [6, 6.07) is 40.1. The van der Waals surface area contributed by atoms with Crippen LogP contribution in [0.2, 0.25) is 15.1 Å². The number of fused-ring (bicyclic) bond motifs is 8. The van der Waals surface area contributed by atoms with Crippen LogP contribution in [0.3, 0.4) is 0 Å². The van der Waals surface area contributed by atoms with Crippen molar-refractivity contribution in [1.29, 1.82) is 0 Å². The minimum Gasteiger partial charge on any atom is -0.490 e. The molecule has 4 aromatic carbocycles. The Morgan fingerprint density at radius 2 is 1.09 bits per heavy atom. The van der Waals surface area contributed by atoms with Crippen molar-refractivity contribution in [2.75, 3.05) is 6.61 Å². The molecule has 0 atom stereocenters. The zero-order valence-electron chi connectivity index (χ0n) is 29.3. The van der Waals surface area contributed by atoms with Crippen LogP contribution in [-0.4, -0.2) is 26.5 Å². The van der Waals surface area contributed by atoms with E-state index in [9.17, 15) is 0 Å². The Balaban J connectivity index is 1.44. The predicted molar refractivity (Wildman–Crippen MR) is 231 cm³/mol. The highest BCUT2D eigenvalue weighted by Gasteiger charge is 2.19. The second-order valence-electron chi connectivity index (χ2n) is 13.2. The van der Waals surface area contributed by atoms with E-state index in [0.717, 1.165) is 95.1 Å². The first-order valence-corrected chi connectivity index (χ1v) is 18.8. The molecule has 0 radical (unpaired) electrons. The molecule has 0 aliphatic carbocycles. The van der Waals surface area contributed by atoms with Crippen molar-refractivity contribution in [2.24, 2.45) is 0 Å². The summed E-state index contributed by atoms with van der Waals surface area (Å²) in [6.45, 7) is 4.22. The lowest BCUT2D eigenvalue weighted by Gasteiger charge is -2.09. The number of nitrogens with zero attached hydrogens (tertiary/aromatic N) is 2. The zero-order valence-corrected chi connectivity index (χ0v) is 31.6. The van der Waals surface area contributed by atoms with Gasteiger partial charge in [0.15, 0.2) is 0 Å². The third kappa shape index (κ3) is 6.90. The molecule has 9 rings (SSSR count).